The molecule has 0 aliphatic heterocycles. The van der Waals surface area contributed by atoms with Crippen molar-refractivity contribution in [3.05, 3.63) is 21.4 Å². The number of hydrogen-bond acceptors (Lipinski definition) is 3. The summed E-state index contributed by atoms with van der Waals surface area (Å²) in [7, 11) is 0. The van der Waals surface area contributed by atoms with E-state index in [9.17, 15) is 9.59 Å². The molecule has 22 heavy (non-hydrogen) atoms. The Kier molecular flexibility index (Phi) is 6.62. The first-order chi connectivity index (χ1) is 10.6. The zero-order valence-electron chi connectivity index (χ0n) is 13.7. The number of amides is 1. The van der Waals surface area contributed by atoms with E-state index in [1.165, 1.54) is 32.1 Å². The van der Waals surface area contributed by atoms with Crippen molar-refractivity contribution in [1.29, 1.82) is 0 Å². The number of Topliss-reactive ketones (excluding diaryl/α,β-unsaturated/α-hetero) is 1. The Bertz CT molecular complexity index is 513. The Morgan fingerprint density at radius 1 is 1.09 bits per heavy atom. The average molecular weight is 321 g/mol. The van der Waals surface area contributed by atoms with Crippen LogP contribution in [0.4, 0.5) is 0 Å². The molecule has 122 valence electrons. The van der Waals surface area contributed by atoms with Crippen LogP contribution in [0.15, 0.2) is 6.07 Å². The third kappa shape index (κ3) is 5.24. The van der Waals surface area contributed by atoms with Crippen molar-refractivity contribution in [2.45, 2.75) is 77.7 Å². The van der Waals surface area contributed by atoms with Crippen LogP contribution < -0.4 is 5.32 Å². The largest absolute Gasteiger partial charge is 0.353 e. The van der Waals surface area contributed by atoms with Crippen LogP contribution in [0.3, 0.4) is 0 Å². The summed E-state index contributed by atoms with van der Waals surface area (Å²) in [5, 5.41) is 3.12. The van der Waals surface area contributed by atoms with Gasteiger partial charge < -0.3 is 5.32 Å². The third-order valence-electron chi connectivity index (χ3n) is 4.39. The first-order valence-electron chi connectivity index (χ1n) is 8.46. The van der Waals surface area contributed by atoms with Gasteiger partial charge in [0.1, 0.15) is 0 Å². The number of aryl methyl sites for hydroxylation is 2. The molecule has 0 aromatic carbocycles. The lowest BCUT2D eigenvalue weighted by atomic mass is 9.96. The summed E-state index contributed by atoms with van der Waals surface area (Å²) in [6.07, 6.45) is 9.09. The molecule has 0 radical (unpaired) electrons. The zero-order chi connectivity index (χ0) is 15.9. The highest BCUT2D eigenvalue weighted by Crippen LogP contribution is 2.22. The standard InChI is InChI=1S/C18H27NO2S/c1-13-12-16(14(2)22-13)17(20)10-11-18(21)19-15-8-6-4-3-5-7-9-15/h12,15H,3-11H2,1-2H3,(H,19,21). The van der Waals surface area contributed by atoms with Crippen LogP contribution in [-0.4, -0.2) is 17.7 Å². The minimum absolute atomic E-state index is 0.0310. The molecule has 1 amide bonds. The molecule has 0 spiro atoms. The highest BCUT2D eigenvalue weighted by atomic mass is 32.1. The van der Waals surface area contributed by atoms with E-state index in [2.05, 4.69) is 5.32 Å². The summed E-state index contributed by atoms with van der Waals surface area (Å²) in [6, 6.07) is 2.25. The van der Waals surface area contributed by atoms with E-state index in [1.54, 1.807) is 11.3 Å². The highest BCUT2D eigenvalue weighted by molar-refractivity contribution is 7.12. The van der Waals surface area contributed by atoms with Crippen molar-refractivity contribution in [3.8, 4) is 0 Å². The zero-order valence-corrected chi connectivity index (χ0v) is 14.6. The molecule has 1 heterocycles. The van der Waals surface area contributed by atoms with Gasteiger partial charge in [0, 0.05) is 34.2 Å². The predicted molar refractivity (Wildman–Crippen MR) is 91.6 cm³/mol. The normalized spacial score (nSPS) is 16.8. The Morgan fingerprint density at radius 3 is 2.32 bits per heavy atom. The first-order valence-corrected chi connectivity index (χ1v) is 9.27. The number of carbonyl (C=O) groups excluding carboxylic acids is 2. The van der Waals surface area contributed by atoms with Crippen LogP contribution in [0.1, 0.15) is 77.9 Å². The molecule has 0 bridgehead atoms. The SMILES string of the molecule is Cc1cc(C(=O)CCC(=O)NC2CCCCCCC2)c(C)s1. The molecular weight excluding hydrogens is 294 g/mol. The maximum absolute atomic E-state index is 12.2. The van der Waals surface area contributed by atoms with Gasteiger partial charge in [0.25, 0.3) is 0 Å². The molecule has 1 fully saturated rings. The van der Waals surface area contributed by atoms with Crippen molar-refractivity contribution in [1.82, 2.24) is 5.32 Å². The van der Waals surface area contributed by atoms with Crippen molar-refractivity contribution in [3.63, 3.8) is 0 Å². The molecule has 3 nitrogen and oxygen atoms in total. The number of nitrogens with one attached hydrogen (secondary N) is 1. The Balaban J connectivity index is 1.77. The molecule has 1 N–H and O–H groups in total. The highest BCUT2D eigenvalue weighted by Gasteiger charge is 2.17. The lowest BCUT2D eigenvalue weighted by molar-refractivity contribution is -0.121. The summed E-state index contributed by atoms with van der Waals surface area (Å²) in [5.74, 6) is 0.123. The monoisotopic (exact) mass is 321 g/mol. The van der Waals surface area contributed by atoms with Crippen LogP contribution >= 0.6 is 11.3 Å². The molecule has 0 atom stereocenters. The summed E-state index contributed by atoms with van der Waals surface area (Å²) >= 11 is 1.64. The second kappa shape index (κ2) is 8.47. The summed E-state index contributed by atoms with van der Waals surface area (Å²) < 4.78 is 0. The van der Waals surface area contributed by atoms with E-state index in [4.69, 9.17) is 0 Å². The van der Waals surface area contributed by atoms with Gasteiger partial charge in [-0.15, -0.1) is 11.3 Å². The summed E-state index contributed by atoms with van der Waals surface area (Å²) in [5.41, 5.74) is 0.793. The Hall–Kier alpha value is -1.16. The van der Waals surface area contributed by atoms with Crippen LogP contribution in [0, 0.1) is 13.8 Å². The smallest absolute Gasteiger partial charge is 0.220 e. The predicted octanol–water partition coefficient (Wildman–Crippen LogP) is 4.56. The topological polar surface area (TPSA) is 46.2 Å². The van der Waals surface area contributed by atoms with Crippen LogP contribution in [-0.2, 0) is 4.79 Å². The fraction of sp³-hybridized carbons (Fsp3) is 0.667. The molecule has 2 rings (SSSR count). The summed E-state index contributed by atoms with van der Waals surface area (Å²) in [6.45, 7) is 3.98. The van der Waals surface area contributed by atoms with E-state index in [0.29, 0.717) is 18.9 Å². The maximum Gasteiger partial charge on any atom is 0.220 e. The van der Waals surface area contributed by atoms with Gasteiger partial charge >= 0.3 is 0 Å². The second-order valence-corrected chi connectivity index (χ2v) is 7.82. The van der Waals surface area contributed by atoms with E-state index in [0.717, 1.165) is 28.2 Å². The number of carbonyl (C=O) groups is 2. The van der Waals surface area contributed by atoms with E-state index >= 15 is 0 Å². The number of hydrogen-bond donors (Lipinski definition) is 1. The lowest BCUT2D eigenvalue weighted by Gasteiger charge is -2.20. The fourth-order valence-electron chi connectivity index (χ4n) is 3.17. The molecule has 4 heteroatoms. The van der Waals surface area contributed by atoms with Crippen molar-refractivity contribution < 1.29 is 9.59 Å². The van der Waals surface area contributed by atoms with E-state index in [1.807, 2.05) is 19.9 Å². The van der Waals surface area contributed by atoms with Crippen molar-refractivity contribution in [2.75, 3.05) is 0 Å². The minimum Gasteiger partial charge on any atom is -0.353 e. The molecule has 0 unspecified atom stereocenters. The van der Waals surface area contributed by atoms with Crippen LogP contribution in [0.25, 0.3) is 0 Å². The maximum atomic E-state index is 12.2. The van der Waals surface area contributed by atoms with Gasteiger partial charge in [-0.25, -0.2) is 0 Å². The van der Waals surface area contributed by atoms with Gasteiger partial charge in [-0.3, -0.25) is 9.59 Å². The molecule has 1 aromatic rings. The molecule has 1 aromatic heterocycles. The molecule has 0 saturated heterocycles. The van der Waals surface area contributed by atoms with Gasteiger partial charge in [-0.1, -0.05) is 32.1 Å². The number of rotatable bonds is 5. The minimum atomic E-state index is 0.0310. The molecule has 1 saturated carbocycles. The molecule has 1 aliphatic rings. The molecule has 1 aliphatic carbocycles. The third-order valence-corrected chi connectivity index (χ3v) is 5.36. The van der Waals surface area contributed by atoms with Gasteiger partial charge in [0.2, 0.25) is 5.91 Å². The first kappa shape index (κ1) is 17.2. The average Bonchev–Trinajstić information content (AvgIpc) is 2.78. The van der Waals surface area contributed by atoms with E-state index < -0.39 is 0 Å². The van der Waals surface area contributed by atoms with Crippen molar-refractivity contribution in [2.24, 2.45) is 0 Å². The van der Waals surface area contributed by atoms with Crippen LogP contribution in [0.2, 0.25) is 0 Å². The second-order valence-electron chi connectivity index (χ2n) is 6.36. The number of ketones is 1. The van der Waals surface area contributed by atoms with E-state index in [-0.39, 0.29) is 11.7 Å². The Labute approximate surface area is 137 Å². The lowest BCUT2D eigenvalue weighted by Crippen LogP contribution is -2.35. The van der Waals surface area contributed by atoms with Crippen molar-refractivity contribution >= 4 is 23.0 Å². The van der Waals surface area contributed by atoms with Gasteiger partial charge in [0.15, 0.2) is 5.78 Å². The molecular formula is C18H27NO2S. The van der Waals surface area contributed by atoms with Crippen LogP contribution in [0.5, 0.6) is 0 Å². The van der Waals surface area contributed by atoms with Gasteiger partial charge in [0.05, 0.1) is 0 Å². The fourth-order valence-corrected chi connectivity index (χ4v) is 4.11. The summed E-state index contributed by atoms with van der Waals surface area (Å²) in [4.78, 5) is 26.5. The number of thiophene rings is 1. The van der Waals surface area contributed by atoms with Gasteiger partial charge in [-0.05, 0) is 32.8 Å². The van der Waals surface area contributed by atoms with Gasteiger partial charge in [-0.2, -0.15) is 0 Å². The quantitative estimate of drug-likeness (QED) is 0.808. The Morgan fingerprint density at radius 2 is 1.73 bits per heavy atom.